The van der Waals surface area contributed by atoms with Crippen LogP contribution in [0.2, 0.25) is 0 Å². The quantitative estimate of drug-likeness (QED) is 0.148. The molecule has 4 rings (SSSR count). The van der Waals surface area contributed by atoms with Gasteiger partial charge in [-0.15, -0.1) is 0 Å². The van der Waals surface area contributed by atoms with Crippen LogP contribution in [0.4, 0.5) is 0 Å². The zero-order chi connectivity index (χ0) is 32.9. The van der Waals surface area contributed by atoms with Crippen molar-refractivity contribution in [3.8, 4) is 17.2 Å². The minimum atomic E-state index is -2.53. The Labute approximate surface area is 258 Å². The van der Waals surface area contributed by atoms with E-state index in [4.69, 9.17) is 4.74 Å². The second-order valence-corrected chi connectivity index (χ2v) is 13.6. The van der Waals surface area contributed by atoms with E-state index in [-0.39, 0.29) is 45.7 Å². The molecule has 1 aliphatic heterocycles. The summed E-state index contributed by atoms with van der Waals surface area (Å²) < 4.78 is 6.05. The Morgan fingerprint density at radius 1 is 1.02 bits per heavy atom. The molecule has 9 heteroatoms. The molecule has 1 fully saturated rings. The van der Waals surface area contributed by atoms with Crippen LogP contribution < -0.4 is 0 Å². The highest BCUT2D eigenvalue weighted by molar-refractivity contribution is 6.36. The van der Waals surface area contributed by atoms with Gasteiger partial charge in [0.1, 0.15) is 17.2 Å². The van der Waals surface area contributed by atoms with E-state index < -0.39 is 46.0 Å². The molecule has 9 nitrogen and oxygen atoms in total. The highest BCUT2D eigenvalue weighted by atomic mass is 16.5. The van der Waals surface area contributed by atoms with Gasteiger partial charge in [0, 0.05) is 22.8 Å². The zero-order valence-electron chi connectivity index (χ0n) is 26.7. The summed E-state index contributed by atoms with van der Waals surface area (Å²) in [6.45, 7) is 12.2. The maximum absolute atomic E-state index is 13.6. The van der Waals surface area contributed by atoms with Crippen molar-refractivity contribution in [3.05, 3.63) is 51.6 Å². The summed E-state index contributed by atoms with van der Waals surface area (Å²) in [4.78, 5) is 27.1. The molecular weight excluding hydrogens is 564 g/mol. The number of Topliss-reactive ketones (excluding diaryl/α,β-unsaturated/α-hetero) is 2. The van der Waals surface area contributed by atoms with Crippen LogP contribution in [0.5, 0.6) is 17.2 Å². The van der Waals surface area contributed by atoms with Crippen LogP contribution in [0.3, 0.4) is 0 Å². The van der Waals surface area contributed by atoms with E-state index in [1.165, 1.54) is 13.0 Å². The number of phenolic OH excluding ortho intramolecular Hbond substituents is 3. The Bertz CT molecular complexity index is 1560. The SMILES string of the molecule is C/C(=C\C[C@]1(O)C(=O)c2c(O)cc(C)c3c(O)c(C)c(O)c(c23)C1=O)CC/C=C(\C)CCC(O)[C@@]1(C)CC[C@H](C(C)(C)O)O1. The van der Waals surface area contributed by atoms with Gasteiger partial charge in [0.15, 0.2) is 5.60 Å². The molecule has 1 saturated heterocycles. The van der Waals surface area contributed by atoms with Gasteiger partial charge in [-0.05, 0) is 98.6 Å². The molecule has 0 spiro atoms. The lowest BCUT2D eigenvalue weighted by Crippen LogP contribution is -2.49. The molecule has 2 aromatic carbocycles. The van der Waals surface area contributed by atoms with Crippen molar-refractivity contribution in [1.82, 2.24) is 0 Å². The van der Waals surface area contributed by atoms with E-state index in [1.54, 1.807) is 26.8 Å². The third kappa shape index (κ3) is 5.90. The summed E-state index contributed by atoms with van der Waals surface area (Å²) in [6, 6.07) is 1.30. The average Bonchev–Trinajstić information content (AvgIpc) is 3.36. The number of hydrogen-bond donors (Lipinski definition) is 6. The second-order valence-electron chi connectivity index (χ2n) is 13.6. The molecule has 1 heterocycles. The molecule has 2 aromatic rings. The van der Waals surface area contributed by atoms with Crippen molar-refractivity contribution in [3.63, 3.8) is 0 Å². The van der Waals surface area contributed by atoms with Crippen LogP contribution in [-0.2, 0) is 4.74 Å². The number of phenols is 3. The van der Waals surface area contributed by atoms with Crippen molar-refractivity contribution in [2.75, 3.05) is 0 Å². The molecule has 1 unspecified atom stereocenters. The van der Waals surface area contributed by atoms with E-state index in [2.05, 4.69) is 6.08 Å². The summed E-state index contributed by atoms with van der Waals surface area (Å²) >= 11 is 0. The molecule has 2 aliphatic rings. The van der Waals surface area contributed by atoms with E-state index in [1.807, 2.05) is 20.8 Å². The Morgan fingerprint density at radius 3 is 2.25 bits per heavy atom. The van der Waals surface area contributed by atoms with Gasteiger partial charge in [0.25, 0.3) is 0 Å². The normalized spacial score (nSPS) is 25.3. The smallest absolute Gasteiger partial charge is 0.207 e. The predicted molar refractivity (Wildman–Crippen MR) is 167 cm³/mol. The van der Waals surface area contributed by atoms with Gasteiger partial charge in [-0.25, -0.2) is 0 Å². The first-order valence-electron chi connectivity index (χ1n) is 15.3. The van der Waals surface area contributed by atoms with Gasteiger partial charge < -0.3 is 35.4 Å². The van der Waals surface area contributed by atoms with Crippen LogP contribution in [0.25, 0.3) is 10.8 Å². The summed E-state index contributed by atoms with van der Waals surface area (Å²) in [7, 11) is 0. The number of hydrogen-bond acceptors (Lipinski definition) is 9. The third-order valence-corrected chi connectivity index (χ3v) is 9.54. The molecule has 0 bridgehead atoms. The predicted octanol–water partition coefficient (Wildman–Crippen LogP) is 5.60. The summed E-state index contributed by atoms with van der Waals surface area (Å²) in [6.07, 6.45) is 6.19. The van der Waals surface area contributed by atoms with Gasteiger partial charge >= 0.3 is 0 Å². The topological polar surface area (TPSA) is 165 Å². The van der Waals surface area contributed by atoms with Crippen molar-refractivity contribution in [2.24, 2.45) is 0 Å². The Hall–Kier alpha value is -3.24. The zero-order valence-corrected chi connectivity index (χ0v) is 26.7. The first-order chi connectivity index (χ1) is 20.3. The first-order valence-corrected chi connectivity index (χ1v) is 15.3. The molecule has 6 N–H and O–H groups in total. The number of carbonyl (C=O) groups excluding carboxylic acids is 2. The van der Waals surface area contributed by atoms with Crippen LogP contribution in [-0.4, -0.2) is 71.2 Å². The molecule has 44 heavy (non-hydrogen) atoms. The maximum Gasteiger partial charge on any atom is 0.207 e. The second kappa shape index (κ2) is 11.9. The lowest BCUT2D eigenvalue weighted by atomic mass is 9.73. The van der Waals surface area contributed by atoms with Crippen LogP contribution in [0.15, 0.2) is 29.4 Å². The lowest BCUT2D eigenvalue weighted by Gasteiger charge is -2.33. The van der Waals surface area contributed by atoms with Gasteiger partial charge in [0.05, 0.1) is 34.5 Å². The molecule has 0 amide bonds. The molecule has 0 saturated carbocycles. The van der Waals surface area contributed by atoms with E-state index in [9.17, 15) is 40.2 Å². The molecule has 0 radical (unpaired) electrons. The van der Waals surface area contributed by atoms with Gasteiger partial charge in [-0.3, -0.25) is 9.59 Å². The van der Waals surface area contributed by atoms with E-state index >= 15 is 0 Å². The fraction of sp³-hybridized carbons (Fsp3) is 0.543. The number of ether oxygens (including phenoxy) is 1. The number of allylic oxidation sites excluding steroid dienone is 3. The number of carbonyl (C=O) groups is 2. The Balaban J connectivity index is 1.42. The molecule has 1 aliphatic carbocycles. The fourth-order valence-corrected chi connectivity index (χ4v) is 6.46. The van der Waals surface area contributed by atoms with E-state index in [0.717, 1.165) is 11.1 Å². The molecule has 240 valence electrons. The monoisotopic (exact) mass is 610 g/mol. The molecule has 0 aromatic heterocycles. The van der Waals surface area contributed by atoms with Crippen LogP contribution >= 0.6 is 0 Å². The number of aliphatic hydroxyl groups is 3. The van der Waals surface area contributed by atoms with Gasteiger partial charge in [0.2, 0.25) is 11.6 Å². The Kier molecular flexibility index (Phi) is 9.12. The van der Waals surface area contributed by atoms with Crippen molar-refractivity contribution in [2.45, 2.75) is 122 Å². The molecular formula is C35H46O9. The maximum atomic E-state index is 13.6. The van der Waals surface area contributed by atoms with E-state index in [0.29, 0.717) is 44.1 Å². The van der Waals surface area contributed by atoms with Crippen LogP contribution in [0, 0.1) is 13.8 Å². The first kappa shape index (κ1) is 33.6. The van der Waals surface area contributed by atoms with Crippen molar-refractivity contribution < 1.29 is 45.0 Å². The third-order valence-electron chi connectivity index (χ3n) is 9.54. The lowest BCUT2D eigenvalue weighted by molar-refractivity contribution is -0.153. The van der Waals surface area contributed by atoms with Gasteiger partial charge in [-0.1, -0.05) is 23.3 Å². The number of ketones is 2. The fourth-order valence-electron chi connectivity index (χ4n) is 6.46. The minimum absolute atomic E-state index is 0.0434. The largest absolute Gasteiger partial charge is 0.507 e. The van der Waals surface area contributed by atoms with Crippen molar-refractivity contribution in [1.29, 1.82) is 0 Å². The Morgan fingerprint density at radius 2 is 1.64 bits per heavy atom. The van der Waals surface area contributed by atoms with Crippen LogP contribution in [0.1, 0.15) is 111 Å². The highest BCUT2D eigenvalue weighted by Gasteiger charge is 2.51. The van der Waals surface area contributed by atoms with Gasteiger partial charge in [-0.2, -0.15) is 0 Å². The standard InChI is InChI=1S/C35H46O9/c1-18(11-12-23(37)34(7)15-14-24(44-34)33(5,6)42)9-8-10-19(2)13-16-35(43)31(40)26-22(36)17-20(3)25-27(26)28(32(35)41)30(39)21(4)29(25)38/h9,13,17,23-24,36-39,42-43H,8,10-12,14-16H2,1-7H3/b18-9+,19-13+/t23?,24-,34-,35+/m1/s1. The molecule has 4 atom stereocenters. The summed E-state index contributed by atoms with van der Waals surface area (Å²) in [5, 5.41) is 64.8. The highest BCUT2D eigenvalue weighted by Crippen LogP contribution is 2.49. The number of aryl methyl sites for hydroxylation is 1. The summed E-state index contributed by atoms with van der Waals surface area (Å²) in [5.41, 5.74) is -2.38. The van der Waals surface area contributed by atoms with Crippen molar-refractivity contribution >= 4 is 22.3 Å². The number of benzene rings is 2. The summed E-state index contributed by atoms with van der Waals surface area (Å²) in [5.74, 6) is -3.22. The number of aromatic hydroxyl groups is 3. The number of rotatable bonds is 10. The minimum Gasteiger partial charge on any atom is -0.507 e. The average molecular weight is 611 g/mol. The number of aliphatic hydroxyl groups excluding tert-OH is 1.